The van der Waals surface area contributed by atoms with Crippen LogP contribution in [0.15, 0.2) is 42.5 Å². The normalized spacial score (nSPS) is 11.8. The molecule has 0 aliphatic carbocycles. The number of hydrogen-bond donors (Lipinski definition) is 3. The molecule has 1 unspecified atom stereocenters. The van der Waals surface area contributed by atoms with Gasteiger partial charge in [-0.05, 0) is 42.8 Å². The minimum atomic E-state index is -0.596. The minimum absolute atomic E-state index is 0.420. The lowest BCUT2D eigenvalue weighted by atomic mass is 10.1. The van der Waals surface area contributed by atoms with Gasteiger partial charge in [-0.1, -0.05) is 35.3 Å². The fourth-order valence-corrected chi connectivity index (χ4v) is 2.32. The monoisotopic (exact) mass is 324 g/mol. The van der Waals surface area contributed by atoms with E-state index in [0.717, 1.165) is 5.56 Å². The number of nitrogens with one attached hydrogen (secondary N) is 2. The van der Waals surface area contributed by atoms with Crippen LogP contribution >= 0.6 is 23.2 Å². The van der Waals surface area contributed by atoms with Gasteiger partial charge in [-0.3, -0.25) is 0 Å². The molecule has 0 saturated carbocycles. The summed E-state index contributed by atoms with van der Waals surface area (Å²) in [5.74, 6) is 0. The lowest BCUT2D eigenvalue weighted by Gasteiger charge is -2.10. The second-order valence-electron chi connectivity index (χ2n) is 4.54. The highest BCUT2D eigenvalue weighted by atomic mass is 35.5. The van der Waals surface area contributed by atoms with E-state index in [0.29, 0.717) is 21.4 Å². The number of urea groups is 1. The fraction of sp³-hybridized carbons (Fsp3) is 0.133. The van der Waals surface area contributed by atoms with Crippen molar-refractivity contribution in [2.24, 2.45) is 0 Å². The Morgan fingerprint density at radius 3 is 2.29 bits per heavy atom. The molecule has 0 heterocycles. The highest BCUT2D eigenvalue weighted by Gasteiger charge is 2.06. The Balaban J connectivity index is 2.06. The molecular formula is C15H14Cl2N2O2. The average Bonchev–Trinajstić information content (AvgIpc) is 2.37. The molecule has 0 saturated heterocycles. The molecule has 0 aliphatic rings. The second kappa shape index (κ2) is 6.80. The van der Waals surface area contributed by atoms with Crippen molar-refractivity contribution in [2.75, 3.05) is 10.6 Å². The Morgan fingerprint density at radius 1 is 1.05 bits per heavy atom. The largest absolute Gasteiger partial charge is 0.389 e. The molecule has 21 heavy (non-hydrogen) atoms. The molecule has 2 rings (SSSR count). The number of carbonyl (C=O) groups is 1. The van der Waals surface area contributed by atoms with Gasteiger partial charge in [0, 0.05) is 21.4 Å². The molecule has 0 aliphatic heterocycles. The summed E-state index contributed by atoms with van der Waals surface area (Å²) in [5, 5.41) is 15.7. The van der Waals surface area contributed by atoms with Gasteiger partial charge in [0.05, 0.1) is 6.10 Å². The maximum Gasteiger partial charge on any atom is 0.323 e. The summed E-state index contributed by atoms with van der Waals surface area (Å²) < 4.78 is 0. The first-order valence-electron chi connectivity index (χ1n) is 6.26. The van der Waals surface area contributed by atoms with Gasteiger partial charge < -0.3 is 15.7 Å². The van der Waals surface area contributed by atoms with Crippen molar-refractivity contribution < 1.29 is 9.90 Å². The van der Waals surface area contributed by atoms with Crippen molar-refractivity contribution in [1.29, 1.82) is 0 Å². The van der Waals surface area contributed by atoms with E-state index in [1.807, 2.05) is 0 Å². The molecule has 4 nitrogen and oxygen atoms in total. The van der Waals surface area contributed by atoms with Crippen LogP contribution in [0.3, 0.4) is 0 Å². The van der Waals surface area contributed by atoms with E-state index >= 15 is 0 Å². The van der Waals surface area contributed by atoms with E-state index in [9.17, 15) is 9.90 Å². The molecule has 6 heteroatoms. The van der Waals surface area contributed by atoms with Crippen LogP contribution < -0.4 is 10.6 Å². The summed E-state index contributed by atoms with van der Waals surface area (Å²) in [6, 6.07) is 11.3. The second-order valence-corrected chi connectivity index (χ2v) is 5.41. The number of carbonyl (C=O) groups excluding carboxylic acids is 1. The van der Waals surface area contributed by atoms with Gasteiger partial charge >= 0.3 is 6.03 Å². The summed E-state index contributed by atoms with van der Waals surface area (Å²) in [5.41, 5.74) is 1.80. The quantitative estimate of drug-likeness (QED) is 0.766. The number of halogens is 2. The number of aliphatic hydroxyl groups is 1. The maximum absolute atomic E-state index is 11.9. The molecule has 2 aromatic carbocycles. The van der Waals surface area contributed by atoms with Gasteiger partial charge in [-0.25, -0.2) is 4.79 Å². The predicted molar refractivity (Wildman–Crippen MR) is 86.2 cm³/mol. The van der Waals surface area contributed by atoms with Gasteiger partial charge in [0.2, 0.25) is 0 Å². The summed E-state index contributed by atoms with van der Waals surface area (Å²) in [6.07, 6.45) is -0.596. The molecule has 110 valence electrons. The maximum atomic E-state index is 11.9. The molecule has 1 atom stereocenters. The third kappa shape index (κ3) is 4.63. The Morgan fingerprint density at radius 2 is 1.67 bits per heavy atom. The molecule has 2 amide bonds. The highest BCUT2D eigenvalue weighted by Crippen LogP contribution is 2.23. The van der Waals surface area contributed by atoms with Crippen molar-refractivity contribution in [3.05, 3.63) is 58.1 Å². The van der Waals surface area contributed by atoms with Crippen LogP contribution in [0.1, 0.15) is 18.6 Å². The van der Waals surface area contributed by atoms with E-state index in [4.69, 9.17) is 23.2 Å². The standard InChI is InChI=1S/C15H14Cl2N2O2/c1-9(20)10-3-2-4-13(5-10)18-15(21)19-14-7-11(16)6-12(17)8-14/h2-9,20H,1H3,(H2,18,19,21). The molecule has 0 spiro atoms. The molecular weight excluding hydrogens is 311 g/mol. The number of rotatable bonds is 3. The van der Waals surface area contributed by atoms with Gasteiger partial charge in [0.1, 0.15) is 0 Å². The van der Waals surface area contributed by atoms with Crippen molar-refractivity contribution in [1.82, 2.24) is 0 Å². The minimum Gasteiger partial charge on any atom is -0.389 e. The summed E-state index contributed by atoms with van der Waals surface area (Å²) in [6.45, 7) is 1.66. The van der Waals surface area contributed by atoms with Crippen LogP contribution in [0, 0.1) is 0 Å². The first-order valence-corrected chi connectivity index (χ1v) is 7.02. The SMILES string of the molecule is CC(O)c1cccc(NC(=O)Nc2cc(Cl)cc(Cl)c2)c1. The summed E-state index contributed by atoms with van der Waals surface area (Å²) >= 11 is 11.7. The van der Waals surface area contributed by atoms with Crippen LogP contribution in [-0.4, -0.2) is 11.1 Å². The van der Waals surface area contributed by atoms with Gasteiger partial charge in [0.25, 0.3) is 0 Å². The van der Waals surface area contributed by atoms with Crippen LogP contribution in [-0.2, 0) is 0 Å². The molecule has 2 aromatic rings. The van der Waals surface area contributed by atoms with Crippen molar-refractivity contribution >= 4 is 40.6 Å². The summed E-state index contributed by atoms with van der Waals surface area (Å²) in [4.78, 5) is 11.9. The van der Waals surface area contributed by atoms with E-state index in [1.54, 1.807) is 49.4 Å². The fourth-order valence-electron chi connectivity index (χ4n) is 1.80. The third-order valence-corrected chi connectivity index (χ3v) is 3.18. The van der Waals surface area contributed by atoms with Gasteiger partial charge in [-0.15, -0.1) is 0 Å². The van der Waals surface area contributed by atoms with Crippen LogP contribution in [0.4, 0.5) is 16.2 Å². The lowest BCUT2D eigenvalue weighted by molar-refractivity contribution is 0.199. The molecule has 0 bridgehead atoms. The number of amides is 2. The average molecular weight is 325 g/mol. The topological polar surface area (TPSA) is 61.4 Å². The molecule has 0 fully saturated rings. The first-order chi connectivity index (χ1) is 9.94. The predicted octanol–water partition coefficient (Wildman–Crippen LogP) is 4.69. The van der Waals surface area contributed by atoms with E-state index in [-0.39, 0.29) is 0 Å². The van der Waals surface area contributed by atoms with Crippen LogP contribution in [0.2, 0.25) is 10.0 Å². The number of benzene rings is 2. The highest BCUT2D eigenvalue weighted by molar-refractivity contribution is 6.35. The summed E-state index contributed by atoms with van der Waals surface area (Å²) in [7, 11) is 0. The number of anilines is 2. The Hall–Kier alpha value is -1.75. The third-order valence-electron chi connectivity index (χ3n) is 2.75. The van der Waals surface area contributed by atoms with Crippen LogP contribution in [0.5, 0.6) is 0 Å². The molecule has 0 aromatic heterocycles. The van der Waals surface area contributed by atoms with Crippen LogP contribution in [0.25, 0.3) is 0 Å². The number of hydrogen-bond acceptors (Lipinski definition) is 2. The Bertz CT molecular complexity index is 640. The zero-order valence-electron chi connectivity index (χ0n) is 11.2. The van der Waals surface area contributed by atoms with Crippen molar-refractivity contribution in [3.8, 4) is 0 Å². The van der Waals surface area contributed by atoms with Gasteiger partial charge in [-0.2, -0.15) is 0 Å². The smallest absolute Gasteiger partial charge is 0.323 e. The molecule has 3 N–H and O–H groups in total. The van der Waals surface area contributed by atoms with Crippen molar-refractivity contribution in [2.45, 2.75) is 13.0 Å². The van der Waals surface area contributed by atoms with E-state index < -0.39 is 12.1 Å². The Kier molecular flexibility index (Phi) is 5.07. The van der Waals surface area contributed by atoms with Gasteiger partial charge in [0.15, 0.2) is 0 Å². The Labute approximate surface area is 132 Å². The molecule has 0 radical (unpaired) electrons. The van der Waals surface area contributed by atoms with E-state index in [1.165, 1.54) is 0 Å². The van der Waals surface area contributed by atoms with E-state index in [2.05, 4.69) is 10.6 Å². The van der Waals surface area contributed by atoms with Crippen molar-refractivity contribution in [3.63, 3.8) is 0 Å². The lowest BCUT2D eigenvalue weighted by Crippen LogP contribution is -2.19. The first kappa shape index (κ1) is 15.6. The zero-order valence-corrected chi connectivity index (χ0v) is 12.7. The number of aliphatic hydroxyl groups excluding tert-OH is 1. The zero-order chi connectivity index (χ0) is 15.4.